The molecule has 2 unspecified atom stereocenters. The van der Waals surface area contributed by atoms with Gasteiger partial charge in [-0.2, -0.15) is 11.8 Å². The molecule has 18 heavy (non-hydrogen) atoms. The van der Waals surface area contributed by atoms with Gasteiger partial charge in [0.1, 0.15) is 0 Å². The zero-order valence-corrected chi connectivity index (χ0v) is 12.1. The van der Waals surface area contributed by atoms with Crippen molar-refractivity contribution >= 4 is 23.4 Å². The van der Waals surface area contributed by atoms with Crippen molar-refractivity contribution in [3.8, 4) is 0 Å². The second-order valence-corrected chi connectivity index (χ2v) is 5.21. The van der Waals surface area contributed by atoms with Gasteiger partial charge in [-0.3, -0.25) is 4.79 Å². The molecular formula is C14H22N2OS. The highest BCUT2D eigenvalue weighted by Crippen LogP contribution is 2.07. The number of carbonyl (C=O) groups excluding carboxylic acids is 1. The van der Waals surface area contributed by atoms with Gasteiger partial charge < -0.3 is 10.6 Å². The predicted molar refractivity (Wildman–Crippen MR) is 80.1 cm³/mol. The van der Waals surface area contributed by atoms with Crippen LogP contribution in [0.4, 0.5) is 5.69 Å². The zero-order valence-electron chi connectivity index (χ0n) is 11.3. The van der Waals surface area contributed by atoms with E-state index in [1.165, 1.54) is 0 Å². The van der Waals surface area contributed by atoms with E-state index in [4.69, 9.17) is 0 Å². The van der Waals surface area contributed by atoms with Crippen molar-refractivity contribution in [1.29, 1.82) is 0 Å². The average Bonchev–Trinajstić information content (AvgIpc) is 2.39. The minimum absolute atomic E-state index is 0.0146. The van der Waals surface area contributed by atoms with Gasteiger partial charge in [0.15, 0.2) is 0 Å². The number of benzene rings is 1. The number of hydrogen-bond acceptors (Lipinski definition) is 3. The second-order valence-electron chi connectivity index (χ2n) is 4.30. The van der Waals surface area contributed by atoms with Crippen molar-refractivity contribution in [3.05, 3.63) is 30.3 Å². The molecule has 0 saturated heterocycles. The van der Waals surface area contributed by atoms with Crippen LogP contribution >= 0.6 is 11.8 Å². The molecule has 0 heterocycles. The normalized spacial score (nSPS) is 13.9. The molecule has 1 amide bonds. The molecule has 0 spiro atoms. The lowest BCUT2D eigenvalue weighted by Gasteiger charge is -2.21. The molecule has 3 nitrogen and oxygen atoms in total. The quantitative estimate of drug-likeness (QED) is 0.797. The Hall–Kier alpha value is -1.00. The van der Waals surface area contributed by atoms with E-state index in [0.717, 1.165) is 17.9 Å². The van der Waals surface area contributed by atoms with Gasteiger partial charge in [0, 0.05) is 17.5 Å². The topological polar surface area (TPSA) is 41.1 Å². The lowest BCUT2D eigenvalue weighted by Crippen LogP contribution is -2.44. The van der Waals surface area contributed by atoms with Crippen LogP contribution in [0, 0.1) is 0 Å². The van der Waals surface area contributed by atoms with Crippen LogP contribution < -0.4 is 10.6 Å². The molecule has 1 aromatic rings. The lowest BCUT2D eigenvalue weighted by molar-refractivity contribution is -0.117. The van der Waals surface area contributed by atoms with Crippen molar-refractivity contribution in [2.45, 2.75) is 32.4 Å². The van der Waals surface area contributed by atoms with Crippen LogP contribution in [0.15, 0.2) is 30.3 Å². The van der Waals surface area contributed by atoms with Crippen molar-refractivity contribution < 1.29 is 4.79 Å². The number of amides is 1. The van der Waals surface area contributed by atoms with Crippen molar-refractivity contribution in [2.24, 2.45) is 0 Å². The Morgan fingerprint density at radius 3 is 2.56 bits per heavy atom. The molecule has 0 bridgehead atoms. The Balaban J connectivity index is 2.46. The number of hydrogen-bond donors (Lipinski definition) is 2. The number of para-hydroxylation sites is 1. The van der Waals surface area contributed by atoms with Crippen molar-refractivity contribution in [2.75, 3.05) is 17.3 Å². The maximum atomic E-state index is 12.0. The van der Waals surface area contributed by atoms with E-state index in [9.17, 15) is 4.79 Å². The number of rotatable bonds is 7. The first-order valence-electron chi connectivity index (χ1n) is 6.28. The SMILES string of the molecule is CCC(CSC)NC(C)C(=O)Nc1ccccc1. The maximum absolute atomic E-state index is 12.0. The molecule has 0 radical (unpaired) electrons. The second kappa shape index (κ2) is 8.16. The monoisotopic (exact) mass is 266 g/mol. The first kappa shape index (κ1) is 15.1. The van der Waals surface area contributed by atoms with Gasteiger partial charge in [-0.15, -0.1) is 0 Å². The Bertz CT molecular complexity index is 356. The summed E-state index contributed by atoms with van der Waals surface area (Å²) < 4.78 is 0. The van der Waals surface area contributed by atoms with E-state index in [-0.39, 0.29) is 11.9 Å². The molecule has 0 aliphatic carbocycles. The zero-order chi connectivity index (χ0) is 13.4. The summed E-state index contributed by atoms with van der Waals surface area (Å²) in [5, 5.41) is 6.26. The summed E-state index contributed by atoms with van der Waals surface area (Å²) in [5.74, 6) is 1.04. The summed E-state index contributed by atoms with van der Waals surface area (Å²) in [5.41, 5.74) is 0.842. The fraction of sp³-hybridized carbons (Fsp3) is 0.500. The fourth-order valence-electron chi connectivity index (χ4n) is 1.69. The minimum atomic E-state index is -0.178. The predicted octanol–water partition coefficient (Wildman–Crippen LogP) is 2.74. The van der Waals surface area contributed by atoms with Gasteiger partial charge in [-0.25, -0.2) is 0 Å². The molecule has 1 rings (SSSR count). The summed E-state index contributed by atoms with van der Waals surface area (Å²) in [6.07, 6.45) is 3.11. The van der Waals surface area contributed by atoms with E-state index >= 15 is 0 Å². The molecule has 0 saturated carbocycles. The highest BCUT2D eigenvalue weighted by molar-refractivity contribution is 7.98. The van der Waals surface area contributed by atoms with E-state index in [2.05, 4.69) is 23.8 Å². The third-order valence-electron chi connectivity index (χ3n) is 2.78. The number of anilines is 1. The average molecular weight is 266 g/mol. The van der Waals surface area contributed by atoms with Crippen LogP contribution in [0.25, 0.3) is 0 Å². The summed E-state index contributed by atoms with van der Waals surface area (Å²) in [7, 11) is 0. The molecule has 0 aliphatic heterocycles. The number of thioether (sulfide) groups is 1. The summed E-state index contributed by atoms with van der Waals surface area (Å²) in [4.78, 5) is 12.0. The maximum Gasteiger partial charge on any atom is 0.241 e. The molecule has 2 atom stereocenters. The molecule has 2 N–H and O–H groups in total. The van der Waals surface area contributed by atoms with Crippen LogP contribution in [0.1, 0.15) is 20.3 Å². The van der Waals surface area contributed by atoms with Gasteiger partial charge in [0.25, 0.3) is 0 Å². The van der Waals surface area contributed by atoms with Gasteiger partial charge in [-0.1, -0.05) is 25.1 Å². The van der Waals surface area contributed by atoms with Crippen molar-refractivity contribution in [1.82, 2.24) is 5.32 Å². The Morgan fingerprint density at radius 2 is 2.00 bits per heavy atom. The first-order chi connectivity index (χ1) is 8.67. The summed E-state index contributed by atoms with van der Waals surface area (Å²) >= 11 is 1.80. The third kappa shape index (κ3) is 5.10. The van der Waals surface area contributed by atoms with Crippen LogP contribution in [-0.2, 0) is 4.79 Å². The van der Waals surface area contributed by atoms with Gasteiger partial charge in [-0.05, 0) is 31.7 Å². The van der Waals surface area contributed by atoms with E-state index in [0.29, 0.717) is 6.04 Å². The standard InChI is InChI=1S/C14H22N2OS/c1-4-12(10-18-3)15-11(2)14(17)16-13-8-6-5-7-9-13/h5-9,11-12,15H,4,10H2,1-3H3,(H,16,17). The van der Waals surface area contributed by atoms with E-state index < -0.39 is 0 Å². The molecule has 4 heteroatoms. The first-order valence-corrected chi connectivity index (χ1v) is 7.67. The van der Waals surface area contributed by atoms with Gasteiger partial charge in [0.2, 0.25) is 5.91 Å². The van der Waals surface area contributed by atoms with E-state index in [1.807, 2.05) is 37.3 Å². The van der Waals surface area contributed by atoms with Crippen LogP contribution in [-0.4, -0.2) is 30.0 Å². The Kier molecular flexibility index (Phi) is 6.83. The fourth-order valence-corrected chi connectivity index (χ4v) is 2.42. The largest absolute Gasteiger partial charge is 0.325 e. The molecule has 1 aromatic carbocycles. The summed E-state index contributed by atoms with van der Waals surface area (Å²) in [6.45, 7) is 4.04. The minimum Gasteiger partial charge on any atom is -0.325 e. The Labute approximate surface area is 114 Å². The van der Waals surface area contributed by atoms with Crippen LogP contribution in [0.3, 0.4) is 0 Å². The number of nitrogens with one attached hydrogen (secondary N) is 2. The van der Waals surface area contributed by atoms with Crippen LogP contribution in [0.2, 0.25) is 0 Å². The molecular weight excluding hydrogens is 244 g/mol. The number of carbonyl (C=O) groups is 1. The molecule has 0 aliphatic rings. The molecule has 0 aromatic heterocycles. The smallest absolute Gasteiger partial charge is 0.241 e. The third-order valence-corrected chi connectivity index (χ3v) is 3.52. The van der Waals surface area contributed by atoms with Crippen molar-refractivity contribution in [3.63, 3.8) is 0 Å². The summed E-state index contributed by atoms with van der Waals surface area (Å²) in [6, 6.07) is 9.75. The molecule has 100 valence electrons. The van der Waals surface area contributed by atoms with Crippen LogP contribution in [0.5, 0.6) is 0 Å². The Morgan fingerprint density at radius 1 is 1.33 bits per heavy atom. The van der Waals surface area contributed by atoms with Gasteiger partial charge in [0.05, 0.1) is 6.04 Å². The highest BCUT2D eigenvalue weighted by Gasteiger charge is 2.16. The molecule has 0 fully saturated rings. The van der Waals surface area contributed by atoms with E-state index in [1.54, 1.807) is 11.8 Å². The van der Waals surface area contributed by atoms with Gasteiger partial charge >= 0.3 is 0 Å². The lowest BCUT2D eigenvalue weighted by atomic mass is 10.2. The highest BCUT2D eigenvalue weighted by atomic mass is 32.2.